The zero-order chi connectivity index (χ0) is 11.7. The smallest absolute Gasteiger partial charge is 0.312 e. The molecule has 84 valence electrons. The van der Waals surface area contributed by atoms with Crippen LogP contribution in [0.4, 0.5) is 0 Å². The Balaban J connectivity index is 2.43. The molecule has 1 heterocycles. The van der Waals surface area contributed by atoms with Crippen LogP contribution in [0.15, 0.2) is 28.7 Å². The van der Waals surface area contributed by atoms with Crippen molar-refractivity contribution < 1.29 is 14.0 Å². The van der Waals surface area contributed by atoms with Crippen LogP contribution in [0.5, 0.6) is 0 Å². The van der Waals surface area contributed by atoms with Gasteiger partial charge < -0.3 is 4.42 Å². The fraction of sp³-hybridized carbons (Fsp3) is 0.182. The molecular formula is C11H10ClNO3. The summed E-state index contributed by atoms with van der Waals surface area (Å²) in [6, 6.07) is 6.81. The zero-order valence-electron chi connectivity index (χ0n) is 8.86. The number of halogens is 1. The van der Waals surface area contributed by atoms with Gasteiger partial charge in [-0.05, 0) is 24.3 Å². The minimum Gasteiger partial charge on any atom is -0.451 e. The molecule has 0 radical (unpaired) electrons. The van der Waals surface area contributed by atoms with Gasteiger partial charge in [0.1, 0.15) is 5.58 Å². The van der Waals surface area contributed by atoms with Crippen molar-refractivity contribution in [3.05, 3.63) is 35.0 Å². The molecule has 1 aromatic carbocycles. The molecule has 0 aliphatic rings. The van der Waals surface area contributed by atoms with Crippen molar-refractivity contribution in [2.75, 3.05) is 14.2 Å². The summed E-state index contributed by atoms with van der Waals surface area (Å²) in [4.78, 5) is 16.5. The van der Waals surface area contributed by atoms with E-state index in [4.69, 9.17) is 20.9 Å². The Kier molecular flexibility index (Phi) is 2.85. The molecule has 0 saturated carbocycles. The van der Waals surface area contributed by atoms with Crippen LogP contribution in [-0.2, 0) is 4.84 Å². The molecule has 1 amide bonds. The maximum absolute atomic E-state index is 11.7. The highest BCUT2D eigenvalue weighted by Crippen LogP contribution is 2.23. The number of benzene rings is 1. The maximum atomic E-state index is 11.7. The molecule has 0 saturated heterocycles. The number of carbonyl (C=O) groups excluding carboxylic acids is 1. The van der Waals surface area contributed by atoms with Crippen LogP contribution in [0, 0.1) is 0 Å². The molecule has 2 aromatic rings. The van der Waals surface area contributed by atoms with Crippen molar-refractivity contribution >= 4 is 28.5 Å². The predicted octanol–water partition coefficient (Wildman–Crippen LogP) is 2.72. The third-order valence-corrected chi connectivity index (χ3v) is 2.48. The van der Waals surface area contributed by atoms with Gasteiger partial charge in [-0.25, -0.2) is 5.06 Å². The van der Waals surface area contributed by atoms with E-state index >= 15 is 0 Å². The first-order valence-corrected chi connectivity index (χ1v) is 5.01. The van der Waals surface area contributed by atoms with E-state index in [1.165, 1.54) is 14.2 Å². The third kappa shape index (κ3) is 1.89. The Morgan fingerprint density at radius 3 is 2.88 bits per heavy atom. The second kappa shape index (κ2) is 4.15. The monoisotopic (exact) mass is 239 g/mol. The van der Waals surface area contributed by atoms with Crippen LogP contribution in [-0.4, -0.2) is 25.1 Å². The lowest BCUT2D eigenvalue weighted by molar-refractivity contribution is -0.0772. The Hall–Kier alpha value is -1.52. The van der Waals surface area contributed by atoms with Gasteiger partial charge in [0.15, 0.2) is 5.76 Å². The van der Waals surface area contributed by atoms with Crippen LogP contribution < -0.4 is 0 Å². The van der Waals surface area contributed by atoms with Gasteiger partial charge in [0.05, 0.1) is 7.11 Å². The summed E-state index contributed by atoms with van der Waals surface area (Å²) < 4.78 is 5.38. The van der Waals surface area contributed by atoms with Gasteiger partial charge in [0.2, 0.25) is 0 Å². The minimum absolute atomic E-state index is 0.224. The van der Waals surface area contributed by atoms with E-state index in [1.807, 2.05) is 0 Å². The number of furan rings is 1. The number of hydrogen-bond donors (Lipinski definition) is 0. The normalized spacial score (nSPS) is 10.7. The fourth-order valence-electron chi connectivity index (χ4n) is 1.36. The highest BCUT2D eigenvalue weighted by atomic mass is 35.5. The number of amides is 1. The van der Waals surface area contributed by atoms with Gasteiger partial charge in [-0.3, -0.25) is 9.63 Å². The fourth-order valence-corrected chi connectivity index (χ4v) is 1.54. The first kappa shape index (κ1) is 11.0. The molecule has 0 aliphatic carbocycles. The lowest BCUT2D eigenvalue weighted by atomic mass is 10.2. The zero-order valence-corrected chi connectivity index (χ0v) is 9.62. The highest BCUT2D eigenvalue weighted by Gasteiger charge is 2.16. The topological polar surface area (TPSA) is 42.7 Å². The third-order valence-electron chi connectivity index (χ3n) is 2.25. The molecule has 0 unspecified atom stereocenters. The van der Waals surface area contributed by atoms with Crippen LogP contribution in [0.2, 0.25) is 5.02 Å². The van der Waals surface area contributed by atoms with Crippen LogP contribution >= 0.6 is 11.6 Å². The second-order valence-electron chi connectivity index (χ2n) is 3.28. The first-order valence-electron chi connectivity index (χ1n) is 4.63. The Labute approximate surface area is 97.3 Å². The van der Waals surface area contributed by atoms with Gasteiger partial charge in [0.25, 0.3) is 0 Å². The quantitative estimate of drug-likeness (QED) is 0.757. The van der Waals surface area contributed by atoms with Crippen molar-refractivity contribution in [3.8, 4) is 0 Å². The van der Waals surface area contributed by atoms with E-state index in [2.05, 4.69) is 0 Å². The molecule has 0 fully saturated rings. The van der Waals surface area contributed by atoms with Crippen LogP contribution in [0.1, 0.15) is 10.6 Å². The van der Waals surface area contributed by atoms with E-state index in [0.29, 0.717) is 10.6 Å². The molecule has 5 heteroatoms. The minimum atomic E-state index is -0.338. The number of hydrogen-bond acceptors (Lipinski definition) is 3. The number of fused-ring (bicyclic) bond motifs is 1. The number of nitrogens with zero attached hydrogens (tertiary/aromatic N) is 1. The van der Waals surface area contributed by atoms with Gasteiger partial charge >= 0.3 is 5.91 Å². The van der Waals surface area contributed by atoms with Crippen molar-refractivity contribution in [1.82, 2.24) is 5.06 Å². The Bertz CT molecular complexity index is 535. The summed E-state index contributed by atoms with van der Waals surface area (Å²) in [5.41, 5.74) is 0.622. The average Bonchev–Trinajstić information content (AvgIpc) is 2.69. The van der Waals surface area contributed by atoms with Gasteiger partial charge in [-0.15, -0.1) is 0 Å². The largest absolute Gasteiger partial charge is 0.451 e. The molecule has 0 N–H and O–H groups in total. The Morgan fingerprint density at radius 1 is 1.44 bits per heavy atom. The summed E-state index contributed by atoms with van der Waals surface area (Å²) >= 11 is 5.84. The summed E-state index contributed by atoms with van der Waals surface area (Å²) in [5, 5.41) is 2.49. The van der Waals surface area contributed by atoms with E-state index < -0.39 is 0 Å². The molecule has 16 heavy (non-hydrogen) atoms. The number of hydroxylamine groups is 2. The lowest BCUT2D eigenvalue weighted by Gasteiger charge is -2.10. The SMILES string of the molecule is CON(C)C(=O)c1cc2cc(Cl)ccc2o1. The van der Waals surface area contributed by atoms with E-state index in [1.54, 1.807) is 24.3 Å². The Morgan fingerprint density at radius 2 is 2.19 bits per heavy atom. The molecule has 2 rings (SSSR count). The molecular weight excluding hydrogens is 230 g/mol. The van der Waals surface area contributed by atoms with Crippen molar-refractivity contribution in [2.45, 2.75) is 0 Å². The van der Waals surface area contributed by atoms with Crippen LogP contribution in [0.3, 0.4) is 0 Å². The second-order valence-corrected chi connectivity index (χ2v) is 3.71. The lowest BCUT2D eigenvalue weighted by Crippen LogP contribution is -2.24. The number of rotatable bonds is 2. The summed E-state index contributed by atoms with van der Waals surface area (Å²) in [7, 11) is 2.93. The predicted molar refractivity (Wildman–Crippen MR) is 60.3 cm³/mol. The van der Waals surface area contributed by atoms with Gasteiger partial charge in [-0.2, -0.15) is 0 Å². The van der Waals surface area contributed by atoms with Gasteiger partial charge in [0, 0.05) is 17.5 Å². The van der Waals surface area contributed by atoms with Crippen molar-refractivity contribution in [1.29, 1.82) is 0 Å². The molecule has 1 aromatic heterocycles. The van der Waals surface area contributed by atoms with Crippen molar-refractivity contribution in [2.24, 2.45) is 0 Å². The molecule has 0 bridgehead atoms. The maximum Gasteiger partial charge on any atom is 0.312 e. The standard InChI is InChI=1S/C11H10ClNO3/c1-13(15-2)11(14)10-6-7-5-8(12)3-4-9(7)16-10/h3-6H,1-2H3. The number of carbonyl (C=O) groups is 1. The molecule has 4 nitrogen and oxygen atoms in total. The van der Waals surface area contributed by atoms with E-state index in [0.717, 1.165) is 10.4 Å². The van der Waals surface area contributed by atoms with E-state index in [-0.39, 0.29) is 11.7 Å². The van der Waals surface area contributed by atoms with Crippen molar-refractivity contribution in [3.63, 3.8) is 0 Å². The highest BCUT2D eigenvalue weighted by molar-refractivity contribution is 6.31. The molecule has 0 atom stereocenters. The van der Waals surface area contributed by atoms with E-state index in [9.17, 15) is 4.79 Å². The summed E-state index contributed by atoms with van der Waals surface area (Å²) in [6.07, 6.45) is 0. The summed E-state index contributed by atoms with van der Waals surface area (Å²) in [5.74, 6) is -0.114. The average molecular weight is 240 g/mol. The van der Waals surface area contributed by atoms with Crippen LogP contribution in [0.25, 0.3) is 11.0 Å². The van der Waals surface area contributed by atoms with Gasteiger partial charge in [-0.1, -0.05) is 11.6 Å². The summed E-state index contributed by atoms with van der Waals surface area (Å²) in [6.45, 7) is 0. The molecule has 0 aliphatic heterocycles. The molecule has 0 spiro atoms. The first-order chi connectivity index (χ1) is 7.61.